The van der Waals surface area contributed by atoms with E-state index in [-0.39, 0.29) is 0 Å². The normalized spacial score (nSPS) is 25.8. The van der Waals surface area contributed by atoms with Gasteiger partial charge in [-0.3, -0.25) is 0 Å². The number of rotatable bonds is 3. The van der Waals surface area contributed by atoms with Crippen molar-refractivity contribution in [1.29, 1.82) is 0 Å². The molecule has 8 nitrogen and oxygen atoms in total. The second-order valence-electron chi connectivity index (χ2n) is 3.41. The largest absolute Gasteiger partial charge is 0.452 e. The zero-order valence-electron chi connectivity index (χ0n) is 9.00. The number of nitrogens with one attached hydrogen (secondary N) is 2. The Bertz CT molecular complexity index is 357. The Balaban J connectivity index is 2.71. The van der Waals surface area contributed by atoms with Gasteiger partial charge in [-0.2, -0.15) is 12.7 Å². The monoisotopic (exact) mass is 253 g/mol. The van der Waals surface area contributed by atoms with Crippen molar-refractivity contribution in [3.8, 4) is 0 Å². The van der Waals surface area contributed by atoms with Crippen molar-refractivity contribution in [2.45, 2.75) is 12.1 Å². The molecule has 0 aliphatic carbocycles. The second-order valence-corrected chi connectivity index (χ2v) is 5.14. The third kappa shape index (κ3) is 2.82. The highest BCUT2D eigenvalue weighted by molar-refractivity contribution is 7.87. The molecular weight excluding hydrogens is 238 g/mol. The van der Waals surface area contributed by atoms with Gasteiger partial charge >= 0.3 is 16.3 Å². The summed E-state index contributed by atoms with van der Waals surface area (Å²) in [5.74, 6) is 0. The van der Waals surface area contributed by atoms with Crippen LogP contribution in [0.25, 0.3) is 0 Å². The van der Waals surface area contributed by atoms with Crippen molar-refractivity contribution < 1.29 is 23.1 Å². The lowest BCUT2D eigenvalue weighted by molar-refractivity contribution is 0.135. The third-order valence-electron chi connectivity index (χ3n) is 2.39. The van der Waals surface area contributed by atoms with Crippen molar-refractivity contribution in [3.05, 3.63) is 0 Å². The molecule has 0 unspecified atom stereocenters. The summed E-state index contributed by atoms with van der Waals surface area (Å²) >= 11 is 0. The lowest BCUT2D eigenvalue weighted by Crippen LogP contribution is -2.50. The molecule has 1 aliphatic heterocycles. The van der Waals surface area contributed by atoms with Gasteiger partial charge in [-0.25, -0.2) is 9.52 Å². The van der Waals surface area contributed by atoms with Crippen LogP contribution in [0.2, 0.25) is 0 Å². The number of aliphatic hydroxyl groups excluding tert-OH is 1. The lowest BCUT2D eigenvalue weighted by atomic mass is 10.2. The minimum atomic E-state index is -3.98. The fourth-order valence-electron chi connectivity index (χ4n) is 1.42. The van der Waals surface area contributed by atoms with Crippen LogP contribution in [0, 0.1) is 0 Å². The molecule has 0 aromatic rings. The molecule has 9 heteroatoms. The highest BCUT2D eigenvalue weighted by Crippen LogP contribution is 2.10. The molecule has 0 radical (unpaired) electrons. The molecule has 0 spiro atoms. The molecule has 1 fully saturated rings. The number of hydrogen-bond donors (Lipinski definition) is 3. The van der Waals surface area contributed by atoms with Crippen molar-refractivity contribution in [1.82, 2.24) is 14.3 Å². The van der Waals surface area contributed by atoms with Crippen molar-refractivity contribution >= 4 is 16.3 Å². The van der Waals surface area contributed by atoms with E-state index in [2.05, 4.69) is 10.1 Å². The van der Waals surface area contributed by atoms with E-state index in [0.717, 1.165) is 11.4 Å². The molecule has 1 amide bonds. The van der Waals surface area contributed by atoms with Gasteiger partial charge in [-0.15, -0.1) is 0 Å². The average Bonchev–Trinajstić information content (AvgIpc) is 2.62. The summed E-state index contributed by atoms with van der Waals surface area (Å²) in [5, 5.41) is 12.3. The maximum Gasteiger partial charge on any atom is 0.421 e. The molecule has 94 valence electrons. The van der Waals surface area contributed by atoms with Crippen LogP contribution in [0.5, 0.6) is 0 Å². The smallest absolute Gasteiger partial charge is 0.421 e. The predicted molar refractivity (Wildman–Crippen MR) is 54.9 cm³/mol. The van der Waals surface area contributed by atoms with Gasteiger partial charge in [0.1, 0.15) is 0 Å². The molecule has 1 rings (SSSR count). The summed E-state index contributed by atoms with van der Waals surface area (Å²) in [6.45, 7) is 0.655. The maximum atomic E-state index is 11.6. The van der Waals surface area contributed by atoms with E-state index in [1.54, 1.807) is 4.72 Å². The first kappa shape index (κ1) is 13.2. The number of hydrogen-bond acceptors (Lipinski definition) is 6. The summed E-state index contributed by atoms with van der Waals surface area (Å²) in [4.78, 5) is 10.8. The van der Waals surface area contributed by atoms with Crippen molar-refractivity contribution in [3.63, 3.8) is 0 Å². The van der Waals surface area contributed by atoms with Gasteiger partial charge in [0.2, 0.25) is 0 Å². The highest BCUT2D eigenvalue weighted by atomic mass is 32.2. The van der Waals surface area contributed by atoms with Crippen LogP contribution in [-0.2, 0) is 14.9 Å². The number of carbonyl (C=O) groups is 1. The first-order valence-corrected chi connectivity index (χ1v) is 6.05. The zero-order chi connectivity index (χ0) is 12.3. The summed E-state index contributed by atoms with van der Waals surface area (Å²) in [6, 6.07) is -0.595. The van der Waals surface area contributed by atoms with Gasteiger partial charge in [0.05, 0.1) is 19.3 Å². The van der Waals surface area contributed by atoms with Gasteiger partial charge in [-0.05, 0) is 0 Å². The topological polar surface area (TPSA) is 108 Å². The Hall–Kier alpha value is -0.900. The Morgan fingerprint density at radius 1 is 1.56 bits per heavy atom. The molecule has 1 saturated heterocycles. The van der Waals surface area contributed by atoms with Gasteiger partial charge < -0.3 is 15.2 Å². The number of ether oxygens (including phenoxy) is 1. The predicted octanol–water partition coefficient (Wildman–Crippen LogP) is -2.15. The van der Waals surface area contributed by atoms with Crippen LogP contribution >= 0.6 is 0 Å². The minimum absolute atomic E-state index is 0.322. The molecule has 0 saturated carbocycles. The van der Waals surface area contributed by atoms with E-state index in [0.29, 0.717) is 13.1 Å². The van der Waals surface area contributed by atoms with E-state index in [4.69, 9.17) is 0 Å². The molecule has 0 aromatic carbocycles. The number of methoxy groups -OCH3 is 1. The first-order valence-electron chi connectivity index (χ1n) is 4.61. The van der Waals surface area contributed by atoms with Crippen LogP contribution in [0.15, 0.2) is 0 Å². The third-order valence-corrected chi connectivity index (χ3v) is 3.85. The Morgan fingerprint density at radius 3 is 2.62 bits per heavy atom. The number of aliphatic hydroxyl groups is 1. The van der Waals surface area contributed by atoms with Crippen LogP contribution < -0.4 is 10.0 Å². The Morgan fingerprint density at radius 2 is 2.19 bits per heavy atom. The first-order chi connectivity index (χ1) is 7.38. The summed E-state index contributed by atoms with van der Waals surface area (Å²) < 4.78 is 30.0. The SMILES string of the molecule is COC(=O)NS(=O)(=O)N(C)[C@@H]1CNC[C@H]1O. The van der Waals surface area contributed by atoms with Gasteiger partial charge in [0, 0.05) is 20.1 Å². The fourth-order valence-corrected chi connectivity index (χ4v) is 2.43. The zero-order valence-corrected chi connectivity index (χ0v) is 9.82. The molecule has 0 aromatic heterocycles. The standard InChI is InChI=1S/C7H15N3O5S/c1-10(5-3-8-4-6(5)11)16(13,14)9-7(12)15-2/h5-6,8,11H,3-4H2,1-2H3,(H,9,12)/t5-,6-/m1/s1. The maximum absolute atomic E-state index is 11.6. The number of amides is 1. The summed E-state index contributed by atoms with van der Waals surface area (Å²) in [5.41, 5.74) is 0. The molecular formula is C7H15N3O5S. The molecule has 0 bridgehead atoms. The fraction of sp³-hybridized carbons (Fsp3) is 0.857. The van der Waals surface area contributed by atoms with E-state index in [1.165, 1.54) is 7.05 Å². The quantitative estimate of drug-likeness (QED) is 0.529. The van der Waals surface area contributed by atoms with Gasteiger partial charge in [0.15, 0.2) is 0 Å². The van der Waals surface area contributed by atoms with E-state index < -0.39 is 28.4 Å². The van der Waals surface area contributed by atoms with Crippen LogP contribution in [0.3, 0.4) is 0 Å². The van der Waals surface area contributed by atoms with Gasteiger partial charge in [-0.1, -0.05) is 0 Å². The molecule has 1 heterocycles. The minimum Gasteiger partial charge on any atom is -0.452 e. The molecule has 3 N–H and O–H groups in total. The van der Waals surface area contributed by atoms with Crippen LogP contribution in [0.4, 0.5) is 4.79 Å². The van der Waals surface area contributed by atoms with Gasteiger partial charge in [0.25, 0.3) is 0 Å². The second kappa shape index (κ2) is 4.95. The number of likely N-dealkylation sites (N-methyl/N-ethyl adjacent to an activating group) is 1. The Kier molecular flexibility index (Phi) is 4.08. The summed E-state index contributed by atoms with van der Waals surface area (Å²) in [7, 11) is -1.63. The van der Waals surface area contributed by atoms with Crippen molar-refractivity contribution in [2.75, 3.05) is 27.2 Å². The Labute approximate surface area is 93.7 Å². The summed E-state index contributed by atoms with van der Waals surface area (Å²) in [6.07, 6.45) is -1.86. The van der Waals surface area contributed by atoms with E-state index >= 15 is 0 Å². The number of β-amino-alcohol motifs (C(OH)–C–C–N with tert-alkyl or cyclic N) is 1. The van der Waals surface area contributed by atoms with Crippen molar-refractivity contribution in [2.24, 2.45) is 0 Å². The van der Waals surface area contributed by atoms with Crippen LogP contribution in [0.1, 0.15) is 0 Å². The number of carbonyl (C=O) groups excluding carboxylic acids is 1. The number of nitrogens with zero attached hydrogens (tertiary/aromatic N) is 1. The molecule has 1 aliphatic rings. The van der Waals surface area contributed by atoms with E-state index in [9.17, 15) is 18.3 Å². The van der Waals surface area contributed by atoms with E-state index in [1.807, 2.05) is 0 Å². The highest BCUT2D eigenvalue weighted by Gasteiger charge is 2.35. The lowest BCUT2D eigenvalue weighted by Gasteiger charge is -2.25. The average molecular weight is 253 g/mol. The molecule has 2 atom stereocenters. The van der Waals surface area contributed by atoms with Crippen LogP contribution in [-0.4, -0.2) is 63.3 Å². The molecule has 16 heavy (non-hydrogen) atoms.